The maximum Gasteiger partial charge on any atom is 0.231 e. The fraction of sp³-hybridized carbons (Fsp3) is 0.167. The number of furan rings is 1. The van der Waals surface area contributed by atoms with Crippen molar-refractivity contribution in [3.8, 4) is 22.8 Å². The lowest BCUT2D eigenvalue weighted by atomic mass is 10.1. The Labute approximate surface area is 176 Å². The first-order valence-electron chi connectivity index (χ1n) is 8.79. The van der Waals surface area contributed by atoms with Gasteiger partial charge >= 0.3 is 0 Å². The summed E-state index contributed by atoms with van der Waals surface area (Å²) >= 11 is -0.622. The van der Waals surface area contributed by atoms with Gasteiger partial charge in [0.05, 0.1) is 12.0 Å². The molecule has 0 amide bonds. The number of imidazole rings is 1. The van der Waals surface area contributed by atoms with Crippen molar-refractivity contribution in [2.45, 2.75) is 16.6 Å². The van der Waals surface area contributed by atoms with Crippen molar-refractivity contribution in [1.29, 1.82) is 0 Å². The molecular formula is C18H15N5O5S2. The summed E-state index contributed by atoms with van der Waals surface area (Å²) in [6.45, 7) is 0.382. The van der Waals surface area contributed by atoms with E-state index in [-0.39, 0.29) is 24.9 Å². The van der Waals surface area contributed by atoms with E-state index in [0.717, 1.165) is 10.5 Å². The van der Waals surface area contributed by atoms with Crippen LogP contribution in [0.4, 0.5) is 5.82 Å². The third-order valence-electron chi connectivity index (χ3n) is 4.48. The Morgan fingerprint density at radius 2 is 2.10 bits per heavy atom. The third-order valence-corrected chi connectivity index (χ3v) is 6.06. The molecule has 3 aromatic heterocycles. The van der Waals surface area contributed by atoms with Gasteiger partial charge in [0.25, 0.3) is 0 Å². The molecule has 0 bridgehead atoms. The van der Waals surface area contributed by atoms with Crippen molar-refractivity contribution >= 4 is 39.8 Å². The average Bonchev–Trinajstić information content (AvgIpc) is 3.46. The standard InChI is InChI=1S/C18H15N5O5S2/c19-16-15-17(21-8-20-16)23(3-5-30(24)25)18(22-15)29-14-7-13-12(27-9-28-13)6-10(14)11-2-1-4-26-11/h1-2,4,6-8H,3,5,9H2,(H,24,25)(H2,19,20,21). The summed E-state index contributed by atoms with van der Waals surface area (Å²) < 4.78 is 38.9. The van der Waals surface area contributed by atoms with E-state index in [1.807, 2.05) is 18.2 Å². The largest absolute Gasteiger partial charge is 0.464 e. The zero-order valence-corrected chi connectivity index (χ0v) is 17.0. The molecule has 3 N–H and O–H groups in total. The maximum atomic E-state index is 11.3. The number of rotatable bonds is 6. The predicted octanol–water partition coefficient (Wildman–Crippen LogP) is 2.77. The van der Waals surface area contributed by atoms with Gasteiger partial charge in [0, 0.05) is 17.0 Å². The Morgan fingerprint density at radius 1 is 1.27 bits per heavy atom. The average molecular weight is 445 g/mol. The Balaban J connectivity index is 1.63. The van der Waals surface area contributed by atoms with Gasteiger partial charge in [-0.2, -0.15) is 0 Å². The van der Waals surface area contributed by atoms with Gasteiger partial charge in [-0.05, 0) is 24.3 Å². The molecule has 0 spiro atoms. The molecule has 1 atom stereocenters. The third kappa shape index (κ3) is 3.38. The molecule has 10 nitrogen and oxygen atoms in total. The first-order valence-corrected chi connectivity index (χ1v) is 10.9. The van der Waals surface area contributed by atoms with E-state index in [2.05, 4.69) is 15.0 Å². The van der Waals surface area contributed by atoms with Gasteiger partial charge < -0.3 is 28.7 Å². The molecule has 1 aliphatic rings. The highest BCUT2D eigenvalue weighted by Crippen LogP contribution is 2.45. The smallest absolute Gasteiger partial charge is 0.231 e. The highest BCUT2D eigenvalue weighted by atomic mass is 32.2. The summed E-state index contributed by atoms with van der Waals surface area (Å²) in [7, 11) is 0. The number of ether oxygens (including phenoxy) is 2. The lowest BCUT2D eigenvalue weighted by molar-refractivity contribution is 0.174. The van der Waals surface area contributed by atoms with Crippen LogP contribution in [0.2, 0.25) is 0 Å². The van der Waals surface area contributed by atoms with E-state index in [4.69, 9.17) is 19.6 Å². The molecule has 4 heterocycles. The van der Waals surface area contributed by atoms with Crippen molar-refractivity contribution in [1.82, 2.24) is 19.5 Å². The van der Waals surface area contributed by atoms with Crippen molar-refractivity contribution in [2.75, 3.05) is 18.3 Å². The topological polar surface area (TPSA) is 139 Å². The second kappa shape index (κ2) is 7.63. The molecule has 0 fully saturated rings. The summed E-state index contributed by atoms with van der Waals surface area (Å²) in [5.41, 5.74) is 7.71. The van der Waals surface area contributed by atoms with Crippen molar-refractivity contribution in [3.05, 3.63) is 36.9 Å². The molecule has 1 aromatic carbocycles. The van der Waals surface area contributed by atoms with Gasteiger partial charge in [0.15, 0.2) is 44.7 Å². The second-order valence-corrected chi connectivity index (χ2v) is 8.34. The number of hydrogen-bond acceptors (Lipinski definition) is 9. The molecule has 1 aliphatic heterocycles. The summed E-state index contributed by atoms with van der Waals surface area (Å²) in [5.74, 6) is 2.17. The number of aromatic nitrogens is 4. The van der Waals surface area contributed by atoms with Crippen LogP contribution in [-0.4, -0.2) is 40.8 Å². The maximum absolute atomic E-state index is 11.3. The molecule has 0 radical (unpaired) electrons. The zero-order chi connectivity index (χ0) is 20.7. The normalized spacial score (nSPS) is 13.8. The summed E-state index contributed by atoms with van der Waals surface area (Å²) in [6.07, 6.45) is 2.94. The van der Waals surface area contributed by atoms with Gasteiger partial charge in [0.1, 0.15) is 12.1 Å². The first-order chi connectivity index (χ1) is 14.6. The summed E-state index contributed by atoms with van der Waals surface area (Å²) in [6, 6.07) is 7.36. The Hall–Kier alpha value is -3.09. The minimum atomic E-state index is -1.97. The summed E-state index contributed by atoms with van der Waals surface area (Å²) in [5, 5.41) is 0.550. The van der Waals surface area contributed by atoms with E-state index in [1.165, 1.54) is 18.1 Å². The molecule has 5 rings (SSSR count). The fourth-order valence-electron chi connectivity index (χ4n) is 3.11. The molecule has 0 aliphatic carbocycles. The van der Waals surface area contributed by atoms with Gasteiger partial charge in [-0.25, -0.2) is 19.2 Å². The highest BCUT2D eigenvalue weighted by Gasteiger charge is 2.23. The number of benzene rings is 1. The lowest BCUT2D eigenvalue weighted by Crippen LogP contribution is -2.08. The molecule has 0 saturated carbocycles. The van der Waals surface area contributed by atoms with E-state index in [9.17, 15) is 8.76 Å². The Kier molecular flexibility index (Phi) is 4.81. The monoisotopic (exact) mass is 445 g/mol. The molecule has 30 heavy (non-hydrogen) atoms. The van der Waals surface area contributed by atoms with Crippen LogP contribution in [0.25, 0.3) is 22.5 Å². The van der Waals surface area contributed by atoms with Crippen LogP contribution in [0.5, 0.6) is 11.5 Å². The minimum absolute atomic E-state index is 0.0229. The molecule has 0 saturated heterocycles. The van der Waals surface area contributed by atoms with Crippen molar-refractivity contribution in [3.63, 3.8) is 0 Å². The lowest BCUT2D eigenvalue weighted by Gasteiger charge is -2.10. The first kappa shape index (κ1) is 18.9. The SMILES string of the molecule is Nc1ncnc2c1nc(Sc1cc3c(cc1-c1ccco1)OCO3)n2CCS(=O)O. The molecule has 4 aromatic rings. The number of hydrogen-bond donors (Lipinski definition) is 2. The Bertz CT molecular complexity index is 1260. The van der Waals surface area contributed by atoms with Gasteiger partial charge in [-0.15, -0.1) is 0 Å². The van der Waals surface area contributed by atoms with E-state index in [1.54, 1.807) is 16.9 Å². The van der Waals surface area contributed by atoms with Gasteiger partial charge in [0.2, 0.25) is 6.79 Å². The van der Waals surface area contributed by atoms with Crippen LogP contribution in [0, 0.1) is 0 Å². The quantitative estimate of drug-likeness (QED) is 0.426. The minimum Gasteiger partial charge on any atom is -0.464 e. The van der Waals surface area contributed by atoms with Crippen molar-refractivity contribution < 1.29 is 22.7 Å². The molecular weight excluding hydrogens is 430 g/mol. The van der Waals surface area contributed by atoms with Crippen LogP contribution in [0.15, 0.2) is 51.3 Å². The number of fused-ring (bicyclic) bond motifs is 2. The highest BCUT2D eigenvalue weighted by molar-refractivity contribution is 7.99. The number of aryl methyl sites for hydroxylation is 1. The Morgan fingerprint density at radius 3 is 2.87 bits per heavy atom. The van der Waals surface area contributed by atoms with Gasteiger partial charge in [-0.3, -0.25) is 0 Å². The van der Waals surface area contributed by atoms with Crippen molar-refractivity contribution in [2.24, 2.45) is 0 Å². The molecule has 12 heteroatoms. The molecule has 154 valence electrons. The van der Waals surface area contributed by atoms with Crippen LogP contribution >= 0.6 is 11.8 Å². The van der Waals surface area contributed by atoms with Crippen LogP contribution in [0.3, 0.4) is 0 Å². The number of nitrogens with two attached hydrogens (primary N) is 1. The predicted molar refractivity (Wildman–Crippen MR) is 110 cm³/mol. The number of nitrogen functional groups attached to an aromatic ring is 1. The van der Waals surface area contributed by atoms with Gasteiger partial charge in [-0.1, -0.05) is 11.8 Å². The second-order valence-electron chi connectivity index (χ2n) is 6.28. The number of nitrogens with zero attached hydrogens (tertiary/aromatic N) is 4. The molecule has 1 unspecified atom stereocenters. The zero-order valence-electron chi connectivity index (χ0n) is 15.3. The van der Waals surface area contributed by atoms with Crippen LogP contribution in [-0.2, 0) is 17.6 Å². The summed E-state index contributed by atoms with van der Waals surface area (Å²) in [4.78, 5) is 13.7. The fourth-order valence-corrected chi connectivity index (χ4v) is 4.51. The van der Waals surface area contributed by atoms with E-state index < -0.39 is 11.1 Å². The van der Waals surface area contributed by atoms with Crippen LogP contribution < -0.4 is 15.2 Å². The van der Waals surface area contributed by atoms with E-state index in [0.29, 0.717) is 33.6 Å². The van der Waals surface area contributed by atoms with Crippen LogP contribution in [0.1, 0.15) is 0 Å². The number of anilines is 1. The van der Waals surface area contributed by atoms with E-state index >= 15 is 0 Å².